The molecule has 3 heteroatoms. The van der Waals surface area contributed by atoms with E-state index in [0.29, 0.717) is 0 Å². The van der Waals surface area contributed by atoms with E-state index < -0.39 is 0 Å². The molecule has 1 aromatic rings. The van der Waals surface area contributed by atoms with Crippen molar-refractivity contribution < 1.29 is 4.74 Å². The number of halogens is 1. The minimum atomic E-state index is 0.206. The Kier molecular flexibility index (Phi) is 5.64. The number of rotatable bonds is 6. The van der Waals surface area contributed by atoms with Gasteiger partial charge in [-0.2, -0.15) is 0 Å². The van der Waals surface area contributed by atoms with Crippen LogP contribution in [0, 0.1) is 6.92 Å². The predicted molar refractivity (Wildman–Crippen MR) is 69.4 cm³/mol. The Labute approximate surface area is 103 Å². The van der Waals surface area contributed by atoms with Gasteiger partial charge in [-0.15, -0.1) is 0 Å². The van der Waals surface area contributed by atoms with Crippen molar-refractivity contribution in [3.05, 3.63) is 28.8 Å². The van der Waals surface area contributed by atoms with Crippen LogP contribution in [0.1, 0.15) is 25.8 Å². The van der Waals surface area contributed by atoms with Gasteiger partial charge in [-0.05, 0) is 37.6 Å². The monoisotopic (exact) mass is 241 g/mol. The molecular weight excluding hydrogens is 222 g/mol. The van der Waals surface area contributed by atoms with Gasteiger partial charge in [0, 0.05) is 11.6 Å². The Morgan fingerprint density at radius 2 is 2.12 bits per heavy atom. The number of benzene rings is 1. The normalized spacial score (nSPS) is 12.5. The van der Waals surface area contributed by atoms with E-state index in [9.17, 15) is 0 Å². The fourth-order valence-electron chi connectivity index (χ4n) is 1.46. The number of nitrogens with one attached hydrogen (secondary N) is 1. The van der Waals surface area contributed by atoms with E-state index in [2.05, 4.69) is 19.2 Å². The van der Waals surface area contributed by atoms with E-state index in [1.807, 2.05) is 25.1 Å². The van der Waals surface area contributed by atoms with Gasteiger partial charge >= 0.3 is 0 Å². The second-order valence-corrected chi connectivity index (χ2v) is 4.30. The molecule has 0 amide bonds. The van der Waals surface area contributed by atoms with Crippen molar-refractivity contribution in [2.75, 3.05) is 13.1 Å². The zero-order valence-corrected chi connectivity index (χ0v) is 11.0. The lowest BCUT2D eigenvalue weighted by Crippen LogP contribution is -2.30. The first-order valence-corrected chi connectivity index (χ1v) is 6.18. The summed E-state index contributed by atoms with van der Waals surface area (Å²) in [6, 6.07) is 5.75. The fourth-order valence-corrected chi connectivity index (χ4v) is 1.62. The lowest BCUT2D eigenvalue weighted by molar-refractivity contribution is 0.193. The molecule has 0 radical (unpaired) electrons. The van der Waals surface area contributed by atoms with E-state index in [4.69, 9.17) is 16.3 Å². The molecule has 16 heavy (non-hydrogen) atoms. The third-order valence-corrected chi connectivity index (χ3v) is 2.76. The van der Waals surface area contributed by atoms with Crippen LogP contribution in [0.25, 0.3) is 0 Å². The summed E-state index contributed by atoms with van der Waals surface area (Å²) in [5.41, 5.74) is 1.12. The van der Waals surface area contributed by atoms with E-state index in [1.165, 1.54) is 0 Å². The van der Waals surface area contributed by atoms with Crippen molar-refractivity contribution in [3.8, 4) is 5.75 Å². The second kappa shape index (κ2) is 6.77. The molecule has 2 nitrogen and oxygen atoms in total. The first-order valence-electron chi connectivity index (χ1n) is 5.80. The van der Waals surface area contributed by atoms with Crippen molar-refractivity contribution in [2.24, 2.45) is 0 Å². The van der Waals surface area contributed by atoms with E-state index >= 15 is 0 Å². The minimum absolute atomic E-state index is 0.206. The van der Waals surface area contributed by atoms with Crippen LogP contribution in [0.4, 0.5) is 0 Å². The van der Waals surface area contributed by atoms with E-state index in [0.717, 1.165) is 35.8 Å². The number of likely N-dealkylation sites (N-methyl/N-ethyl adjacent to an activating group) is 1. The maximum atomic E-state index is 5.95. The van der Waals surface area contributed by atoms with Crippen molar-refractivity contribution in [1.82, 2.24) is 5.32 Å². The topological polar surface area (TPSA) is 21.3 Å². The van der Waals surface area contributed by atoms with Gasteiger partial charge in [-0.25, -0.2) is 0 Å². The lowest BCUT2D eigenvalue weighted by atomic mass is 10.2. The maximum absolute atomic E-state index is 5.95. The summed E-state index contributed by atoms with van der Waals surface area (Å²) >= 11 is 5.95. The maximum Gasteiger partial charge on any atom is 0.124 e. The van der Waals surface area contributed by atoms with Crippen molar-refractivity contribution >= 4 is 11.6 Å². The van der Waals surface area contributed by atoms with Crippen LogP contribution in [0.15, 0.2) is 18.2 Å². The molecule has 0 spiro atoms. The van der Waals surface area contributed by atoms with Gasteiger partial charge in [0.05, 0.1) is 0 Å². The molecule has 0 heterocycles. The number of aryl methyl sites for hydroxylation is 1. The Morgan fingerprint density at radius 3 is 2.75 bits per heavy atom. The molecule has 0 bridgehead atoms. The van der Waals surface area contributed by atoms with Gasteiger partial charge < -0.3 is 10.1 Å². The summed E-state index contributed by atoms with van der Waals surface area (Å²) in [5.74, 6) is 0.886. The molecule has 1 aromatic carbocycles. The van der Waals surface area contributed by atoms with Crippen LogP contribution in [0.3, 0.4) is 0 Å². The van der Waals surface area contributed by atoms with Crippen molar-refractivity contribution in [2.45, 2.75) is 33.3 Å². The van der Waals surface area contributed by atoms with Crippen LogP contribution >= 0.6 is 11.6 Å². The molecule has 0 saturated carbocycles. The lowest BCUT2D eigenvalue weighted by Gasteiger charge is -2.19. The van der Waals surface area contributed by atoms with Crippen LogP contribution in [0.2, 0.25) is 5.02 Å². The molecule has 0 saturated heterocycles. The van der Waals surface area contributed by atoms with Gasteiger partial charge in [-0.3, -0.25) is 0 Å². The predicted octanol–water partition coefficient (Wildman–Crippen LogP) is 3.42. The Balaban J connectivity index is 2.65. The zero-order valence-electron chi connectivity index (χ0n) is 10.2. The zero-order chi connectivity index (χ0) is 12.0. The summed E-state index contributed by atoms with van der Waals surface area (Å²) in [6.07, 6.45) is 1.19. The molecule has 0 aliphatic carbocycles. The molecular formula is C13H20ClNO. The summed E-state index contributed by atoms with van der Waals surface area (Å²) < 4.78 is 5.93. The first kappa shape index (κ1) is 13.3. The standard InChI is InChI=1S/C13H20ClNO/c1-4-12(9-15-5-2)16-13-8-11(14)7-6-10(13)3/h6-8,12,15H,4-5,9H2,1-3H3. The third-order valence-electron chi connectivity index (χ3n) is 2.52. The molecule has 0 aliphatic rings. The Bertz CT molecular complexity index is 328. The minimum Gasteiger partial charge on any atom is -0.489 e. The average molecular weight is 242 g/mol. The fraction of sp³-hybridized carbons (Fsp3) is 0.538. The highest BCUT2D eigenvalue weighted by Crippen LogP contribution is 2.23. The van der Waals surface area contributed by atoms with Gasteiger partial charge in [0.1, 0.15) is 11.9 Å². The SMILES string of the molecule is CCNCC(CC)Oc1cc(Cl)ccc1C. The van der Waals surface area contributed by atoms with Crippen molar-refractivity contribution in [3.63, 3.8) is 0 Å². The molecule has 90 valence electrons. The largest absolute Gasteiger partial charge is 0.489 e. The summed E-state index contributed by atoms with van der Waals surface area (Å²) in [5, 5.41) is 4.02. The summed E-state index contributed by atoms with van der Waals surface area (Å²) in [4.78, 5) is 0. The summed E-state index contributed by atoms with van der Waals surface area (Å²) in [6.45, 7) is 8.10. The van der Waals surface area contributed by atoms with Gasteiger partial charge in [-0.1, -0.05) is 31.5 Å². The van der Waals surface area contributed by atoms with Crippen LogP contribution < -0.4 is 10.1 Å². The summed E-state index contributed by atoms with van der Waals surface area (Å²) in [7, 11) is 0. The second-order valence-electron chi connectivity index (χ2n) is 3.87. The molecule has 1 unspecified atom stereocenters. The van der Waals surface area contributed by atoms with E-state index in [-0.39, 0.29) is 6.10 Å². The molecule has 0 aliphatic heterocycles. The number of hydrogen-bond acceptors (Lipinski definition) is 2. The van der Waals surface area contributed by atoms with Gasteiger partial charge in [0.15, 0.2) is 0 Å². The van der Waals surface area contributed by atoms with Crippen LogP contribution in [0.5, 0.6) is 5.75 Å². The molecule has 0 fully saturated rings. The van der Waals surface area contributed by atoms with Gasteiger partial charge in [0.25, 0.3) is 0 Å². The smallest absolute Gasteiger partial charge is 0.124 e. The molecule has 0 aromatic heterocycles. The highest BCUT2D eigenvalue weighted by atomic mass is 35.5. The highest BCUT2D eigenvalue weighted by molar-refractivity contribution is 6.30. The van der Waals surface area contributed by atoms with E-state index in [1.54, 1.807) is 0 Å². The average Bonchev–Trinajstić information content (AvgIpc) is 2.28. The number of hydrogen-bond donors (Lipinski definition) is 1. The molecule has 1 atom stereocenters. The van der Waals surface area contributed by atoms with Crippen molar-refractivity contribution in [1.29, 1.82) is 0 Å². The highest BCUT2D eigenvalue weighted by Gasteiger charge is 2.09. The third kappa shape index (κ3) is 4.03. The van der Waals surface area contributed by atoms with Gasteiger partial charge in [0.2, 0.25) is 0 Å². The quantitative estimate of drug-likeness (QED) is 0.824. The van der Waals surface area contributed by atoms with Crippen LogP contribution in [-0.4, -0.2) is 19.2 Å². The van der Waals surface area contributed by atoms with Crippen LogP contribution in [-0.2, 0) is 0 Å². The first-order chi connectivity index (χ1) is 7.67. The molecule has 1 N–H and O–H groups in total. The number of ether oxygens (including phenoxy) is 1. The Hall–Kier alpha value is -0.730. The Morgan fingerprint density at radius 1 is 1.38 bits per heavy atom. The molecule has 1 rings (SSSR count).